The van der Waals surface area contributed by atoms with Gasteiger partial charge in [0.25, 0.3) is 0 Å². The van der Waals surface area contributed by atoms with Crippen molar-refractivity contribution in [1.29, 1.82) is 0 Å². The molecule has 0 spiro atoms. The van der Waals surface area contributed by atoms with Gasteiger partial charge in [-0.05, 0) is 57.5 Å². The number of hydrogen-bond donors (Lipinski definition) is 1. The molecular weight excluding hydrogens is 245 g/mol. The van der Waals surface area contributed by atoms with E-state index in [0.717, 1.165) is 13.0 Å². The molecule has 1 saturated heterocycles. The maximum atomic E-state index is 13.1. The third-order valence-corrected chi connectivity index (χ3v) is 3.50. The van der Waals surface area contributed by atoms with Crippen molar-refractivity contribution in [2.24, 2.45) is 0 Å². The SMILES string of the molecule is C[C@@H](O)c1cc(F)ccc1OCCCN1CCCC1. The quantitative estimate of drug-likeness (QED) is 0.804. The Morgan fingerprint density at radius 2 is 2.11 bits per heavy atom. The van der Waals surface area contributed by atoms with E-state index in [1.807, 2.05) is 0 Å². The summed E-state index contributed by atoms with van der Waals surface area (Å²) in [6, 6.07) is 4.29. The molecule has 1 fully saturated rings. The number of aliphatic hydroxyl groups excluding tert-OH is 1. The van der Waals surface area contributed by atoms with Gasteiger partial charge >= 0.3 is 0 Å². The summed E-state index contributed by atoms with van der Waals surface area (Å²) in [5.74, 6) is 0.234. The molecule has 0 radical (unpaired) electrons. The monoisotopic (exact) mass is 267 g/mol. The summed E-state index contributed by atoms with van der Waals surface area (Å²) in [7, 11) is 0. The first kappa shape index (κ1) is 14.3. The molecule has 4 heteroatoms. The van der Waals surface area contributed by atoms with Gasteiger partial charge in [0.2, 0.25) is 0 Å². The van der Waals surface area contributed by atoms with Gasteiger partial charge in [-0.3, -0.25) is 0 Å². The van der Waals surface area contributed by atoms with Gasteiger partial charge in [-0.25, -0.2) is 4.39 Å². The number of hydrogen-bond acceptors (Lipinski definition) is 3. The molecule has 19 heavy (non-hydrogen) atoms. The lowest BCUT2D eigenvalue weighted by Gasteiger charge is -2.16. The van der Waals surface area contributed by atoms with E-state index in [1.54, 1.807) is 13.0 Å². The molecule has 0 aromatic heterocycles. The van der Waals surface area contributed by atoms with E-state index in [-0.39, 0.29) is 5.82 Å². The Morgan fingerprint density at radius 3 is 2.79 bits per heavy atom. The maximum absolute atomic E-state index is 13.1. The maximum Gasteiger partial charge on any atom is 0.125 e. The fraction of sp³-hybridized carbons (Fsp3) is 0.600. The first-order chi connectivity index (χ1) is 9.16. The van der Waals surface area contributed by atoms with Gasteiger partial charge in [0.05, 0.1) is 12.7 Å². The average Bonchev–Trinajstić information content (AvgIpc) is 2.89. The van der Waals surface area contributed by atoms with Crippen LogP contribution >= 0.6 is 0 Å². The van der Waals surface area contributed by atoms with E-state index in [4.69, 9.17) is 4.74 Å². The Balaban J connectivity index is 1.81. The van der Waals surface area contributed by atoms with Crippen molar-refractivity contribution < 1.29 is 14.2 Å². The van der Waals surface area contributed by atoms with E-state index in [2.05, 4.69) is 4.90 Å². The first-order valence-corrected chi connectivity index (χ1v) is 6.99. The number of nitrogens with zero attached hydrogens (tertiary/aromatic N) is 1. The first-order valence-electron chi connectivity index (χ1n) is 6.99. The number of ether oxygens (including phenoxy) is 1. The van der Waals surface area contributed by atoms with Crippen molar-refractivity contribution in [1.82, 2.24) is 4.90 Å². The second-order valence-electron chi connectivity index (χ2n) is 5.11. The fourth-order valence-corrected chi connectivity index (χ4v) is 2.45. The van der Waals surface area contributed by atoms with Crippen LogP contribution in [0.5, 0.6) is 5.75 Å². The highest BCUT2D eigenvalue weighted by Crippen LogP contribution is 2.26. The minimum atomic E-state index is -0.718. The van der Waals surface area contributed by atoms with Crippen molar-refractivity contribution >= 4 is 0 Å². The standard InChI is InChI=1S/C15H22FNO2/c1-12(18)14-11-13(16)5-6-15(14)19-10-4-9-17-7-2-3-8-17/h5-6,11-12,18H,2-4,7-10H2,1H3/t12-/m1/s1. The van der Waals surface area contributed by atoms with Crippen LogP contribution in [-0.4, -0.2) is 36.2 Å². The molecular formula is C15H22FNO2. The number of rotatable bonds is 6. The van der Waals surface area contributed by atoms with Crippen LogP contribution in [0.4, 0.5) is 4.39 Å². The molecule has 1 aliphatic rings. The van der Waals surface area contributed by atoms with E-state index in [9.17, 15) is 9.50 Å². The molecule has 1 atom stereocenters. The zero-order valence-corrected chi connectivity index (χ0v) is 11.4. The molecule has 1 N–H and O–H groups in total. The highest BCUT2D eigenvalue weighted by Gasteiger charge is 2.12. The number of halogens is 1. The van der Waals surface area contributed by atoms with Gasteiger partial charge in [-0.15, -0.1) is 0 Å². The smallest absolute Gasteiger partial charge is 0.125 e. The van der Waals surface area contributed by atoms with E-state index >= 15 is 0 Å². The zero-order chi connectivity index (χ0) is 13.7. The van der Waals surface area contributed by atoms with Crippen molar-refractivity contribution in [3.05, 3.63) is 29.6 Å². The number of likely N-dealkylation sites (tertiary alicyclic amines) is 1. The molecule has 0 saturated carbocycles. The Morgan fingerprint density at radius 1 is 1.37 bits per heavy atom. The molecule has 0 amide bonds. The molecule has 0 aliphatic carbocycles. The summed E-state index contributed by atoms with van der Waals surface area (Å²) in [6.07, 6.45) is 2.83. The zero-order valence-electron chi connectivity index (χ0n) is 11.4. The van der Waals surface area contributed by atoms with Gasteiger partial charge in [0, 0.05) is 12.1 Å². The largest absolute Gasteiger partial charge is 0.493 e. The molecule has 106 valence electrons. The van der Waals surface area contributed by atoms with Gasteiger partial charge < -0.3 is 14.7 Å². The third-order valence-electron chi connectivity index (χ3n) is 3.50. The molecule has 0 bridgehead atoms. The molecule has 0 unspecified atom stereocenters. The van der Waals surface area contributed by atoms with Crippen LogP contribution in [0.1, 0.15) is 37.9 Å². The lowest BCUT2D eigenvalue weighted by atomic mass is 10.1. The minimum Gasteiger partial charge on any atom is -0.493 e. The predicted molar refractivity (Wildman–Crippen MR) is 72.8 cm³/mol. The van der Waals surface area contributed by atoms with Crippen molar-refractivity contribution in [2.75, 3.05) is 26.2 Å². The molecule has 1 aromatic rings. The second kappa shape index (κ2) is 6.87. The van der Waals surface area contributed by atoms with Crippen molar-refractivity contribution in [3.8, 4) is 5.75 Å². The summed E-state index contributed by atoms with van der Waals surface area (Å²) < 4.78 is 18.8. The lowest BCUT2D eigenvalue weighted by molar-refractivity contribution is 0.189. The van der Waals surface area contributed by atoms with Crippen molar-refractivity contribution in [2.45, 2.75) is 32.3 Å². The van der Waals surface area contributed by atoms with Gasteiger partial charge in [0.1, 0.15) is 11.6 Å². The topological polar surface area (TPSA) is 32.7 Å². The van der Waals surface area contributed by atoms with Crippen LogP contribution in [0.15, 0.2) is 18.2 Å². The normalized spacial score (nSPS) is 17.6. The Hall–Kier alpha value is -1.13. The summed E-state index contributed by atoms with van der Waals surface area (Å²) >= 11 is 0. The van der Waals surface area contributed by atoms with Gasteiger partial charge in [0.15, 0.2) is 0 Å². The van der Waals surface area contributed by atoms with E-state index < -0.39 is 6.10 Å². The number of benzene rings is 1. The molecule has 2 rings (SSSR count). The summed E-state index contributed by atoms with van der Waals surface area (Å²) in [4.78, 5) is 2.43. The highest BCUT2D eigenvalue weighted by atomic mass is 19.1. The lowest BCUT2D eigenvalue weighted by Crippen LogP contribution is -2.22. The van der Waals surface area contributed by atoms with Crippen LogP contribution in [0.2, 0.25) is 0 Å². The molecule has 1 aromatic carbocycles. The van der Waals surface area contributed by atoms with Crippen LogP contribution in [0, 0.1) is 5.82 Å². The van der Waals surface area contributed by atoms with Gasteiger partial charge in [-0.1, -0.05) is 0 Å². The third kappa shape index (κ3) is 4.18. The molecule has 1 heterocycles. The average molecular weight is 267 g/mol. The Kier molecular flexibility index (Phi) is 5.16. The van der Waals surface area contributed by atoms with E-state index in [1.165, 1.54) is 38.1 Å². The van der Waals surface area contributed by atoms with E-state index in [0.29, 0.717) is 17.9 Å². The fourth-order valence-electron chi connectivity index (χ4n) is 2.45. The van der Waals surface area contributed by atoms with Crippen LogP contribution in [-0.2, 0) is 0 Å². The number of aliphatic hydroxyl groups is 1. The van der Waals surface area contributed by atoms with Crippen LogP contribution in [0.25, 0.3) is 0 Å². The second-order valence-corrected chi connectivity index (χ2v) is 5.11. The Labute approximate surface area is 114 Å². The van der Waals surface area contributed by atoms with Crippen molar-refractivity contribution in [3.63, 3.8) is 0 Å². The van der Waals surface area contributed by atoms with Crippen LogP contribution < -0.4 is 4.74 Å². The molecule has 3 nitrogen and oxygen atoms in total. The molecule has 1 aliphatic heterocycles. The van der Waals surface area contributed by atoms with Crippen LogP contribution in [0.3, 0.4) is 0 Å². The Bertz CT molecular complexity index is 403. The van der Waals surface area contributed by atoms with Gasteiger partial charge in [-0.2, -0.15) is 0 Å². The summed E-state index contributed by atoms with van der Waals surface area (Å²) in [6.45, 7) is 5.64. The minimum absolute atomic E-state index is 0.347. The summed E-state index contributed by atoms with van der Waals surface area (Å²) in [5.41, 5.74) is 0.515. The predicted octanol–water partition coefficient (Wildman–Crippen LogP) is 2.74. The summed E-state index contributed by atoms with van der Waals surface area (Å²) in [5, 5.41) is 9.60. The highest BCUT2D eigenvalue weighted by molar-refractivity contribution is 5.35.